The molecule has 0 saturated carbocycles. The molecule has 3 nitrogen and oxygen atoms in total. The van der Waals surface area contributed by atoms with Crippen molar-refractivity contribution in [1.29, 1.82) is 0 Å². The van der Waals surface area contributed by atoms with Crippen LogP contribution in [-0.4, -0.2) is 55.6 Å². The molecule has 3 rings (SSSR count). The summed E-state index contributed by atoms with van der Waals surface area (Å²) in [7, 11) is 0. The summed E-state index contributed by atoms with van der Waals surface area (Å²) in [5.41, 5.74) is 2.95. The lowest BCUT2D eigenvalue weighted by Crippen LogP contribution is -2.47. The fourth-order valence-corrected chi connectivity index (χ4v) is 4.34. The van der Waals surface area contributed by atoms with Crippen molar-refractivity contribution in [2.45, 2.75) is 39.7 Å². The zero-order valence-electron chi connectivity index (χ0n) is 15.3. The van der Waals surface area contributed by atoms with Crippen molar-refractivity contribution < 1.29 is 0 Å². The molecule has 0 spiro atoms. The van der Waals surface area contributed by atoms with Crippen LogP contribution in [-0.2, 0) is 6.54 Å². The van der Waals surface area contributed by atoms with Gasteiger partial charge in [0.25, 0.3) is 0 Å². The monoisotopic (exact) mass is 393 g/mol. The summed E-state index contributed by atoms with van der Waals surface area (Å²) in [5.74, 6) is 0.772. The number of anilines is 1. The van der Waals surface area contributed by atoms with E-state index in [9.17, 15) is 0 Å². The number of piperazine rings is 1. The highest BCUT2D eigenvalue weighted by Gasteiger charge is 2.20. The van der Waals surface area contributed by atoms with E-state index >= 15 is 0 Å². The van der Waals surface area contributed by atoms with Gasteiger partial charge in [0.2, 0.25) is 0 Å². The Labute approximate surface area is 156 Å². The minimum absolute atomic E-state index is 0.772. The second-order valence-corrected chi connectivity index (χ2v) is 8.71. The number of rotatable bonds is 5. The van der Waals surface area contributed by atoms with Gasteiger partial charge in [0, 0.05) is 62.5 Å². The van der Waals surface area contributed by atoms with E-state index in [1.165, 1.54) is 80.8 Å². The van der Waals surface area contributed by atoms with Crippen LogP contribution in [0.2, 0.25) is 0 Å². The van der Waals surface area contributed by atoms with Crippen LogP contribution >= 0.6 is 15.9 Å². The molecule has 2 aliphatic rings. The molecular weight excluding hydrogens is 362 g/mol. The largest absolute Gasteiger partial charge is 0.371 e. The number of halogens is 1. The van der Waals surface area contributed by atoms with Crippen LogP contribution in [0.5, 0.6) is 0 Å². The second-order valence-electron chi connectivity index (χ2n) is 7.79. The fraction of sp³-hybridized carbons (Fsp3) is 0.700. The van der Waals surface area contributed by atoms with E-state index < -0.39 is 0 Å². The minimum Gasteiger partial charge on any atom is -0.371 e. The Morgan fingerprint density at radius 2 is 1.58 bits per heavy atom. The number of piperidine rings is 1. The summed E-state index contributed by atoms with van der Waals surface area (Å²) in [4.78, 5) is 7.85. The number of benzene rings is 1. The van der Waals surface area contributed by atoms with Gasteiger partial charge in [0.05, 0.1) is 0 Å². The molecule has 134 valence electrons. The molecule has 0 amide bonds. The fourth-order valence-electron chi connectivity index (χ4n) is 3.99. The first-order valence-electron chi connectivity index (χ1n) is 9.60. The molecule has 2 fully saturated rings. The van der Waals surface area contributed by atoms with Gasteiger partial charge in [-0.1, -0.05) is 35.8 Å². The third kappa shape index (κ3) is 4.96. The van der Waals surface area contributed by atoms with E-state index in [1.807, 2.05) is 0 Å². The Morgan fingerprint density at radius 3 is 2.25 bits per heavy atom. The summed E-state index contributed by atoms with van der Waals surface area (Å²) in [6.07, 6.45) is 4.05. The number of hydrogen-bond acceptors (Lipinski definition) is 3. The average Bonchev–Trinajstić information content (AvgIpc) is 2.58. The SMILES string of the molecule is CC(C)CN1CCN(Cc2ccc(Br)cc2N2CCCCC2)CC1. The van der Waals surface area contributed by atoms with Crippen LogP contribution in [0.15, 0.2) is 22.7 Å². The van der Waals surface area contributed by atoms with Gasteiger partial charge in [-0.15, -0.1) is 0 Å². The minimum atomic E-state index is 0.772. The Kier molecular flexibility index (Phi) is 6.59. The Morgan fingerprint density at radius 1 is 0.917 bits per heavy atom. The summed E-state index contributed by atoms with van der Waals surface area (Å²) in [6.45, 7) is 14.2. The van der Waals surface area contributed by atoms with E-state index in [1.54, 1.807) is 0 Å². The maximum absolute atomic E-state index is 3.67. The first-order valence-corrected chi connectivity index (χ1v) is 10.4. The van der Waals surface area contributed by atoms with Crippen molar-refractivity contribution in [2.24, 2.45) is 5.92 Å². The molecule has 4 heteroatoms. The van der Waals surface area contributed by atoms with Gasteiger partial charge in [-0.3, -0.25) is 4.90 Å². The van der Waals surface area contributed by atoms with E-state index in [2.05, 4.69) is 62.7 Å². The van der Waals surface area contributed by atoms with Crippen molar-refractivity contribution in [3.05, 3.63) is 28.2 Å². The van der Waals surface area contributed by atoms with Crippen LogP contribution < -0.4 is 4.90 Å². The quantitative estimate of drug-likeness (QED) is 0.741. The molecule has 0 atom stereocenters. The Balaban J connectivity index is 1.63. The Bertz CT molecular complexity index is 518. The average molecular weight is 394 g/mol. The van der Waals surface area contributed by atoms with Gasteiger partial charge in [-0.2, -0.15) is 0 Å². The van der Waals surface area contributed by atoms with E-state index in [-0.39, 0.29) is 0 Å². The van der Waals surface area contributed by atoms with Gasteiger partial charge >= 0.3 is 0 Å². The van der Waals surface area contributed by atoms with E-state index in [0.29, 0.717) is 0 Å². The summed E-state index contributed by atoms with van der Waals surface area (Å²) < 4.78 is 1.20. The molecule has 0 radical (unpaired) electrons. The third-order valence-electron chi connectivity index (χ3n) is 5.23. The molecule has 0 unspecified atom stereocenters. The normalized spacial score (nSPS) is 20.8. The van der Waals surface area contributed by atoms with Crippen molar-refractivity contribution in [3.8, 4) is 0 Å². The zero-order chi connectivity index (χ0) is 16.9. The van der Waals surface area contributed by atoms with Gasteiger partial charge < -0.3 is 9.80 Å². The van der Waals surface area contributed by atoms with Gasteiger partial charge in [-0.05, 0) is 42.9 Å². The molecule has 2 saturated heterocycles. The highest BCUT2D eigenvalue weighted by atomic mass is 79.9. The number of nitrogens with zero attached hydrogens (tertiary/aromatic N) is 3. The molecule has 1 aromatic rings. The number of hydrogen-bond donors (Lipinski definition) is 0. The topological polar surface area (TPSA) is 9.72 Å². The Hall–Kier alpha value is -0.580. The maximum Gasteiger partial charge on any atom is 0.0423 e. The lowest BCUT2D eigenvalue weighted by molar-refractivity contribution is 0.117. The molecule has 1 aromatic carbocycles. The maximum atomic E-state index is 3.67. The van der Waals surface area contributed by atoms with Crippen molar-refractivity contribution >= 4 is 21.6 Å². The van der Waals surface area contributed by atoms with Crippen LogP contribution in [0.3, 0.4) is 0 Å². The van der Waals surface area contributed by atoms with Crippen LogP contribution in [0.25, 0.3) is 0 Å². The van der Waals surface area contributed by atoms with Gasteiger partial charge in [0.1, 0.15) is 0 Å². The highest BCUT2D eigenvalue weighted by molar-refractivity contribution is 9.10. The first-order chi connectivity index (χ1) is 11.6. The third-order valence-corrected chi connectivity index (χ3v) is 5.72. The van der Waals surface area contributed by atoms with Crippen molar-refractivity contribution in [1.82, 2.24) is 9.80 Å². The predicted octanol–water partition coefficient (Wildman–Crippen LogP) is 4.21. The summed E-state index contributed by atoms with van der Waals surface area (Å²) in [6, 6.07) is 6.86. The molecule has 0 N–H and O–H groups in total. The lowest BCUT2D eigenvalue weighted by atomic mass is 10.1. The highest BCUT2D eigenvalue weighted by Crippen LogP contribution is 2.29. The molecule has 2 heterocycles. The summed E-state index contributed by atoms with van der Waals surface area (Å²) in [5, 5.41) is 0. The van der Waals surface area contributed by atoms with Crippen molar-refractivity contribution in [3.63, 3.8) is 0 Å². The molecule has 2 aliphatic heterocycles. The van der Waals surface area contributed by atoms with Crippen LogP contribution in [0.1, 0.15) is 38.7 Å². The zero-order valence-corrected chi connectivity index (χ0v) is 16.9. The van der Waals surface area contributed by atoms with Gasteiger partial charge in [-0.25, -0.2) is 0 Å². The summed E-state index contributed by atoms with van der Waals surface area (Å²) >= 11 is 3.67. The standard InChI is InChI=1S/C20H32BrN3/c1-17(2)15-22-10-12-23(13-11-22)16-18-6-7-19(21)14-20(18)24-8-4-3-5-9-24/h6-7,14,17H,3-5,8-13,15-16H2,1-2H3. The van der Waals surface area contributed by atoms with E-state index in [4.69, 9.17) is 0 Å². The second kappa shape index (κ2) is 8.68. The first kappa shape index (κ1) is 18.2. The molecule has 0 bridgehead atoms. The molecule has 24 heavy (non-hydrogen) atoms. The van der Waals surface area contributed by atoms with E-state index in [0.717, 1.165) is 12.5 Å². The molecule has 0 aliphatic carbocycles. The van der Waals surface area contributed by atoms with Gasteiger partial charge in [0.15, 0.2) is 0 Å². The van der Waals surface area contributed by atoms with Crippen molar-refractivity contribution in [2.75, 3.05) is 50.7 Å². The van der Waals surface area contributed by atoms with Crippen LogP contribution in [0.4, 0.5) is 5.69 Å². The lowest BCUT2D eigenvalue weighted by Gasteiger charge is -2.37. The van der Waals surface area contributed by atoms with Crippen LogP contribution in [0, 0.1) is 5.92 Å². The smallest absolute Gasteiger partial charge is 0.0423 e. The predicted molar refractivity (Wildman–Crippen MR) is 107 cm³/mol. The molecular formula is C20H32BrN3. The molecule has 0 aromatic heterocycles.